The fourth-order valence-corrected chi connectivity index (χ4v) is 7.70. The Bertz CT molecular complexity index is 2100. The Labute approximate surface area is 333 Å². The van der Waals surface area contributed by atoms with Crippen molar-refractivity contribution in [3.8, 4) is 51.0 Å². The maximum absolute atomic E-state index is 13.7. The first-order valence-corrected chi connectivity index (χ1v) is 19.1. The zero-order chi connectivity index (χ0) is 40.2. The Balaban J connectivity index is 1.07. The molecule has 6 aromatic rings. The molecule has 3 aromatic carbocycles. The van der Waals surface area contributed by atoms with Gasteiger partial charge in [-0.2, -0.15) is 0 Å². The fraction of sp³-hybridized carbons (Fsp3) is 0.250. The van der Waals surface area contributed by atoms with E-state index in [0.29, 0.717) is 0 Å². The van der Waals surface area contributed by atoms with Crippen molar-refractivity contribution >= 4 is 17.9 Å². The van der Waals surface area contributed by atoms with Gasteiger partial charge < -0.3 is 14.2 Å². The summed E-state index contributed by atoms with van der Waals surface area (Å²) < 4.78 is 17.4. The molecule has 0 saturated heterocycles. The molecule has 1 saturated carbocycles. The van der Waals surface area contributed by atoms with Crippen LogP contribution in [0.3, 0.4) is 0 Å². The predicted molar refractivity (Wildman–Crippen MR) is 219 cm³/mol. The molecular formula is C48H45N3O6. The van der Waals surface area contributed by atoms with E-state index in [0.717, 1.165) is 67.2 Å². The largest absolute Gasteiger partial charge is 0.425 e. The molecule has 0 bridgehead atoms. The highest BCUT2D eigenvalue weighted by molar-refractivity contribution is 5.83. The van der Waals surface area contributed by atoms with Crippen LogP contribution in [0.15, 0.2) is 110 Å². The zero-order valence-corrected chi connectivity index (χ0v) is 33.0. The van der Waals surface area contributed by atoms with Gasteiger partial charge in [-0.25, -0.2) is 0 Å². The number of rotatable bonds is 9. The molecule has 0 amide bonds. The van der Waals surface area contributed by atoms with E-state index in [9.17, 15) is 14.4 Å². The van der Waals surface area contributed by atoms with Gasteiger partial charge in [0.25, 0.3) is 0 Å². The number of aromatic nitrogens is 3. The molecule has 57 heavy (non-hydrogen) atoms. The summed E-state index contributed by atoms with van der Waals surface area (Å²) in [6, 6.07) is 29.1. The van der Waals surface area contributed by atoms with Crippen molar-refractivity contribution in [3.63, 3.8) is 0 Å². The summed E-state index contributed by atoms with van der Waals surface area (Å²) in [5, 5.41) is 0. The van der Waals surface area contributed by atoms with Gasteiger partial charge in [-0.05, 0) is 134 Å². The predicted octanol–water partition coefficient (Wildman–Crippen LogP) is 9.87. The Kier molecular flexibility index (Phi) is 11.4. The van der Waals surface area contributed by atoms with Crippen LogP contribution in [0.25, 0.3) is 33.8 Å². The molecule has 0 atom stereocenters. The van der Waals surface area contributed by atoms with E-state index in [1.807, 2.05) is 77.9 Å². The van der Waals surface area contributed by atoms with Gasteiger partial charge in [0.05, 0.1) is 53.4 Å². The van der Waals surface area contributed by atoms with Crippen molar-refractivity contribution in [2.24, 2.45) is 17.8 Å². The molecule has 0 aliphatic heterocycles. The molecule has 9 heteroatoms. The SMILES string of the molecule is Cc1cc(C)cc(-c2ccc(OC(=O)C3CC(C(=O)Oc4ccc(-c5cc(C)cc(C)c5)nc4)CC(C(=O)Oc4ccc(-c5cc(C)cc(C)c5)nc4)C3)cn2)c1. The van der Waals surface area contributed by atoms with Gasteiger partial charge in [0.2, 0.25) is 0 Å². The number of benzene rings is 3. The standard InChI is InChI=1S/C48H45N3O6/c1-28-13-29(2)17-34(16-28)43-10-7-40(25-49-43)55-46(52)37-22-38(47(53)56-41-8-11-44(50-26-41)35-18-30(3)14-31(4)19-35)24-39(23-37)48(54)57-42-9-12-45(51-27-42)36-20-32(5)15-33(6)21-36/h7-21,25-27,37-39H,22-24H2,1-6H3. The zero-order valence-electron chi connectivity index (χ0n) is 33.0. The maximum Gasteiger partial charge on any atom is 0.314 e. The molecule has 288 valence electrons. The topological polar surface area (TPSA) is 118 Å². The highest BCUT2D eigenvalue weighted by atomic mass is 16.5. The third-order valence-corrected chi connectivity index (χ3v) is 10.1. The van der Waals surface area contributed by atoms with Gasteiger partial charge in [0.1, 0.15) is 17.2 Å². The van der Waals surface area contributed by atoms with E-state index in [1.54, 1.807) is 36.4 Å². The summed E-state index contributed by atoms with van der Waals surface area (Å²) in [5.41, 5.74) is 11.9. The third-order valence-electron chi connectivity index (χ3n) is 10.1. The number of ether oxygens (including phenoxy) is 3. The number of pyridine rings is 3. The molecule has 3 heterocycles. The van der Waals surface area contributed by atoms with Crippen molar-refractivity contribution in [2.45, 2.75) is 60.8 Å². The Hall–Kier alpha value is -6.48. The first kappa shape index (κ1) is 38.8. The van der Waals surface area contributed by atoms with Crippen LogP contribution >= 0.6 is 0 Å². The number of esters is 3. The van der Waals surface area contributed by atoms with Crippen LogP contribution in [0.5, 0.6) is 17.2 Å². The van der Waals surface area contributed by atoms with E-state index >= 15 is 0 Å². The van der Waals surface area contributed by atoms with E-state index in [4.69, 9.17) is 14.2 Å². The number of carbonyl (C=O) groups excluding carboxylic acids is 3. The third kappa shape index (κ3) is 9.67. The van der Waals surface area contributed by atoms with Gasteiger partial charge in [-0.1, -0.05) is 51.6 Å². The molecule has 0 radical (unpaired) electrons. The van der Waals surface area contributed by atoms with Gasteiger partial charge in [-0.15, -0.1) is 0 Å². The van der Waals surface area contributed by atoms with Gasteiger partial charge in [0.15, 0.2) is 0 Å². The number of aryl methyl sites for hydroxylation is 6. The molecule has 1 aliphatic rings. The van der Waals surface area contributed by atoms with Crippen LogP contribution in [0.1, 0.15) is 52.6 Å². The summed E-state index contributed by atoms with van der Waals surface area (Å²) in [5.74, 6) is -3.26. The van der Waals surface area contributed by atoms with Gasteiger partial charge >= 0.3 is 17.9 Å². The van der Waals surface area contributed by atoms with Crippen molar-refractivity contribution < 1.29 is 28.6 Å². The Morgan fingerprint density at radius 3 is 0.860 bits per heavy atom. The number of hydrogen-bond acceptors (Lipinski definition) is 9. The molecule has 1 fully saturated rings. The lowest BCUT2D eigenvalue weighted by Gasteiger charge is -2.31. The van der Waals surface area contributed by atoms with Gasteiger partial charge in [-0.3, -0.25) is 29.3 Å². The summed E-state index contributed by atoms with van der Waals surface area (Å²) in [7, 11) is 0. The van der Waals surface area contributed by atoms with E-state index in [2.05, 4.69) is 33.2 Å². The average molecular weight is 760 g/mol. The minimum atomic E-state index is -0.789. The first-order valence-electron chi connectivity index (χ1n) is 19.1. The van der Waals surface area contributed by atoms with Crippen molar-refractivity contribution in [1.29, 1.82) is 0 Å². The van der Waals surface area contributed by atoms with Crippen molar-refractivity contribution in [2.75, 3.05) is 0 Å². The number of nitrogens with zero attached hydrogens (tertiary/aromatic N) is 3. The summed E-state index contributed by atoms with van der Waals surface area (Å²) in [4.78, 5) is 54.8. The number of carbonyl (C=O) groups is 3. The van der Waals surface area contributed by atoms with Crippen LogP contribution in [0.2, 0.25) is 0 Å². The van der Waals surface area contributed by atoms with Crippen molar-refractivity contribution in [1.82, 2.24) is 15.0 Å². The van der Waals surface area contributed by atoms with Crippen LogP contribution < -0.4 is 14.2 Å². The molecular weight excluding hydrogens is 715 g/mol. The number of hydrogen-bond donors (Lipinski definition) is 0. The van der Waals surface area contributed by atoms with Crippen LogP contribution in [0, 0.1) is 59.3 Å². The quantitative estimate of drug-likeness (QED) is 0.133. The molecule has 0 N–H and O–H groups in total. The monoisotopic (exact) mass is 759 g/mol. The van der Waals surface area contributed by atoms with Crippen LogP contribution in [-0.2, 0) is 14.4 Å². The maximum atomic E-state index is 13.7. The fourth-order valence-electron chi connectivity index (χ4n) is 7.70. The van der Waals surface area contributed by atoms with E-state index < -0.39 is 35.7 Å². The average Bonchev–Trinajstić information content (AvgIpc) is 3.17. The molecule has 3 aromatic heterocycles. The Morgan fingerprint density at radius 1 is 0.404 bits per heavy atom. The van der Waals surface area contributed by atoms with Gasteiger partial charge in [0, 0.05) is 16.7 Å². The second kappa shape index (κ2) is 16.7. The van der Waals surface area contributed by atoms with Crippen molar-refractivity contribution in [3.05, 3.63) is 143 Å². The molecule has 0 unspecified atom stereocenters. The van der Waals surface area contributed by atoms with Crippen LogP contribution in [0.4, 0.5) is 0 Å². The minimum absolute atomic E-state index is 0.135. The summed E-state index contributed by atoms with van der Waals surface area (Å²) in [6.07, 6.45) is 4.93. The molecule has 7 rings (SSSR count). The summed E-state index contributed by atoms with van der Waals surface area (Å²) in [6.45, 7) is 12.2. The first-order chi connectivity index (χ1) is 27.3. The molecule has 9 nitrogen and oxygen atoms in total. The second-order valence-corrected chi connectivity index (χ2v) is 15.3. The highest BCUT2D eigenvalue weighted by Crippen LogP contribution is 2.37. The summed E-state index contributed by atoms with van der Waals surface area (Å²) >= 11 is 0. The normalized spacial score (nSPS) is 16.4. The smallest absolute Gasteiger partial charge is 0.314 e. The van der Waals surface area contributed by atoms with E-state index in [-0.39, 0.29) is 36.5 Å². The highest BCUT2D eigenvalue weighted by Gasteiger charge is 2.41. The lowest BCUT2D eigenvalue weighted by Crippen LogP contribution is -2.39. The second-order valence-electron chi connectivity index (χ2n) is 15.3. The minimum Gasteiger partial charge on any atom is -0.425 e. The lowest BCUT2D eigenvalue weighted by atomic mass is 9.75. The lowest BCUT2D eigenvalue weighted by molar-refractivity contribution is -0.150. The Morgan fingerprint density at radius 2 is 0.649 bits per heavy atom. The molecule has 0 spiro atoms. The van der Waals surface area contributed by atoms with E-state index in [1.165, 1.54) is 18.6 Å². The molecule has 1 aliphatic carbocycles. The van der Waals surface area contributed by atoms with Crippen LogP contribution in [-0.4, -0.2) is 32.9 Å².